The van der Waals surface area contributed by atoms with Crippen LogP contribution >= 0.6 is 0 Å². The number of benzene rings is 1. The minimum absolute atomic E-state index is 0.0805. The number of carbonyl (C=O) groups is 1. The Hall–Kier alpha value is -1.75. The number of nitrogens with one attached hydrogen (secondary N) is 1. The molecule has 5 heteroatoms. The molecule has 3 N–H and O–H groups in total. The minimum Gasteiger partial charge on any atom is -0.397 e. The lowest BCUT2D eigenvalue weighted by Crippen LogP contribution is -2.45. The van der Waals surface area contributed by atoms with E-state index in [0.717, 1.165) is 30.0 Å². The summed E-state index contributed by atoms with van der Waals surface area (Å²) >= 11 is 0. The minimum atomic E-state index is 0.0805. The van der Waals surface area contributed by atoms with Gasteiger partial charge < -0.3 is 20.9 Å². The van der Waals surface area contributed by atoms with Crippen LogP contribution in [0.4, 0.5) is 17.1 Å². The predicted molar refractivity (Wildman–Crippen MR) is 86.7 cm³/mol. The van der Waals surface area contributed by atoms with Crippen molar-refractivity contribution in [3.05, 3.63) is 17.7 Å². The maximum Gasteiger partial charge on any atom is 0.224 e. The molecule has 0 aliphatic carbocycles. The van der Waals surface area contributed by atoms with E-state index in [-0.39, 0.29) is 5.91 Å². The first-order valence-corrected chi connectivity index (χ1v) is 7.68. The molecule has 0 spiro atoms. The van der Waals surface area contributed by atoms with Crippen LogP contribution in [0.3, 0.4) is 0 Å². The van der Waals surface area contributed by atoms with Gasteiger partial charge in [-0.1, -0.05) is 0 Å². The van der Waals surface area contributed by atoms with Gasteiger partial charge in [-0.25, -0.2) is 0 Å². The third-order valence-electron chi connectivity index (χ3n) is 4.68. The van der Waals surface area contributed by atoms with Gasteiger partial charge in [0.05, 0.1) is 11.4 Å². The summed E-state index contributed by atoms with van der Waals surface area (Å²) in [4.78, 5) is 16.2. The number of piperidine rings is 1. The molecular weight excluding hydrogens is 264 g/mol. The Labute approximate surface area is 126 Å². The fraction of sp³-hybridized carbons (Fsp3) is 0.562. The highest BCUT2D eigenvalue weighted by molar-refractivity contribution is 5.95. The zero-order valence-corrected chi connectivity index (χ0v) is 12.9. The smallest absolute Gasteiger partial charge is 0.224 e. The maximum atomic E-state index is 11.5. The third-order valence-corrected chi connectivity index (χ3v) is 4.68. The lowest BCUT2D eigenvalue weighted by atomic mass is 9.99. The molecule has 0 aromatic heterocycles. The monoisotopic (exact) mass is 288 g/mol. The van der Waals surface area contributed by atoms with Crippen molar-refractivity contribution in [3.63, 3.8) is 0 Å². The van der Waals surface area contributed by atoms with Crippen LogP contribution in [0.1, 0.15) is 24.8 Å². The molecular formula is C16H24N4O. The third kappa shape index (κ3) is 2.83. The van der Waals surface area contributed by atoms with Gasteiger partial charge in [-0.05, 0) is 50.6 Å². The Morgan fingerprint density at radius 3 is 2.95 bits per heavy atom. The van der Waals surface area contributed by atoms with Gasteiger partial charge in [0.15, 0.2) is 0 Å². The fourth-order valence-corrected chi connectivity index (χ4v) is 3.39. The van der Waals surface area contributed by atoms with Crippen LogP contribution in [-0.4, -0.2) is 44.0 Å². The molecule has 1 aromatic carbocycles. The molecule has 3 rings (SSSR count). The molecule has 21 heavy (non-hydrogen) atoms. The Morgan fingerprint density at radius 1 is 1.38 bits per heavy atom. The van der Waals surface area contributed by atoms with Gasteiger partial charge in [-0.15, -0.1) is 0 Å². The van der Waals surface area contributed by atoms with E-state index in [1.54, 1.807) is 0 Å². The molecule has 2 aliphatic rings. The van der Waals surface area contributed by atoms with E-state index in [1.807, 2.05) is 6.07 Å². The van der Waals surface area contributed by atoms with Crippen molar-refractivity contribution < 1.29 is 4.79 Å². The number of nitrogen functional groups attached to an aromatic ring is 1. The number of fused-ring (bicyclic) bond motifs is 1. The van der Waals surface area contributed by atoms with Crippen LogP contribution in [0.5, 0.6) is 0 Å². The van der Waals surface area contributed by atoms with Crippen LogP contribution in [0.25, 0.3) is 0 Å². The van der Waals surface area contributed by atoms with Gasteiger partial charge in [0, 0.05) is 31.7 Å². The highest BCUT2D eigenvalue weighted by Gasteiger charge is 2.24. The quantitative estimate of drug-likeness (QED) is 0.813. The average Bonchev–Trinajstić information content (AvgIpc) is 2.45. The molecule has 2 aliphatic heterocycles. The van der Waals surface area contributed by atoms with Crippen molar-refractivity contribution in [1.29, 1.82) is 0 Å². The topological polar surface area (TPSA) is 61.6 Å². The Morgan fingerprint density at radius 2 is 2.19 bits per heavy atom. The van der Waals surface area contributed by atoms with Crippen molar-refractivity contribution in [1.82, 2.24) is 4.90 Å². The molecule has 0 radical (unpaired) electrons. The Balaban J connectivity index is 1.86. The first kappa shape index (κ1) is 14.2. The van der Waals surface area contributed by atoms with Gasteiger partial charge in [-0.3, -0.25) is 4.79 Å². The van der Waals surface area contributed by atoms with E-state index in [2.05, 4.69) is 35.3 Å². The van der Waals surface area contributed by atoms with Gasteiger partial charge in [0.1, 0.15) is 0 Å². The molecule has 1 fully saturated rings. The second kappa shape index (κ2) is 5.56. The van der Waals surface area contributed by atoms with E-state index in [4.69, 9.17) is 5.73 Å². The molecule has 0 saturated carbocycles. The lowest BCUT2D eigenvalue weighted by Gasteiger charge is -2.38. The zero-order valence-electron chi connectivity index (χ0n) is 12.9. The van der Waals surface area contributed by atoms with Gasteiger partial charge in [0.2, 0.25) is 5.91 Å². The summed E-state index contributed by atoms with van der Waals surface area (Å²) < 4.78 is 0. The normalized spacial score (nSPS) is 22.6. The van der Waals surface area contributed by atoms with Crippen molar-refractivity contribution in [2.24, 2.45) is 0 Å². The SMILES string of the molecule is CN1CCCC(N(C)c2cc3c(cc2N)NC(=O)CC3)C1. The van der Waals surface area contributed by atoms with Crippen molar-refractivity contribution in [2.45, 2.75) is 31.7 Å². The number of aryl methyl sites for hydroxylation is 1. The fourth-order valence-electron chi connectivity index (χ4n) is 3.39. The van der Waals surface area contributed by atoms with Gasteiger partial charge in [0.25, 0.3) is 0 Å². The van der Waals surface area contributed by atoms with E-state index < -0.39 is 0 Å². The second-order valence-corrected chi connectivity index (χ2v) is 6.29. The van der Waals surface area contributed by atoms with Crippen LogP contribution < -0.4 is 16.0 Å². The standard InChI is InChI=1S/C16H24N4O/c1-19-7-3-4-12(10-19)20(2)15-8-11-5-6-16(21)18-14(11)9-13(15)17/h8-9,12H,3-7,10,17H2,1-2H3,(H,18,21). The number of rotatable bonds is 2. The number of nitrogens with zero attached hydrogens (tertiary/aromatic N) is 2. The number of hydrogen-bond donors (Lipinski definition) is 2. The number of likely N-dealkylation sites (N-methyl/N-ethyl adjacent to an activating group) is 2. The first-order chi connectivity index (χ1) is 10.0. The largest absolute Gasteiger partial charge is 0.397 e. The molecule has 1 aromatic rings. The van der Waals surface area contributed by atoms with Crippen molar-refractivity contribution >= 4 is 23.0 Å². The average molecular weight is 288 g/mol. The Kier molecular flexibility index (Phi) is 3.76. The zero-order chi connectivity index (χ0) is 15.0. The summed E-state index contributed by atoms with van der Waals surface area (Å²) in [5.74, 6) is 0.0805. The number of carbonyl (C=O) groups excluding carboxylic acids is 1. The van der Waals surface area contributed by atoms with E-state index >= 15 is 0 Å². The van der Waals surface area contributed by atoms with Crippen LogP contribution in [0, 0.1) is 0 Å². The molecule has 1 saturated heterocycles. The summed E-state index contributed by atoms with van der Waals surface area (Å²) in [5, 5.41) is 2.91. The van der Waals surface area contributed by atoms with Crippen LogP contribution in [0.15, 0.2) is 12.1 Å². The number of anilines is 3. The van der Waals surface area contributed by atoms with Crippen molar-refractivity contribution in [3.8, 4) is 0 Å². The number of amides is 1. The highest BCUT2D eigenvalue weighted by atomic mass is 16.1. The molecule has 1 unspecified atom stereocenters. The van der Waals surface area contributed by atoms with E-state index in [9.17, 15) is 4.79 Å². The van der Waals surface area contributed by atoms with Gasteiger partial charge >= 0.3 is 0 Å². The van der Waals surface area contributed by atoms with Crippen LogP contribution in [-0.2, 0) is 11.2 Å². The number of likely N-dealkylation sites (tertiary alicyclic amines) is 1. The molecule has 1 amide bonds. The number of hydrogen-bond acceptors (Lipinski definition) is 4. The summed E-state index contributed by atoms with van der Waals surface area (Å²) in [6.07, 6.45) is 3.79. The predicted octanol–water partition coefficient (Wildman–Crippen LogP) is 1.68. The van der Waals surface area contributed by atoms with E-state index in [0.29, 0.717) is 12.5 Å². The number of nitrogens with two attached hydrogens (primary N) is 1. The van der Waals surface area contributed by atoms with E-state index in [1.165, 1.54) is 24.9 Å². The lowest BCUT2D eigenvalue weighted by molar-refractivity contribution is -0.116. The summed E-state index contributed by atoms with van der Waals surface area (Å²) in [6, 6.07) is 4.56. The first-order valence-electron chi connectivity index (χ1n) is 7.68. The summed E-state index contributed by atoms with van der Waals surface area (Å²) in [7, 11) is 4.30. The second-order valence-electron chi connectivity index (χ2n) is 6.29. The maximum absolute atomic E-state index is 11.5. The molecule has 0 bridgehead atoms. The molecule has 5 nitrogen and oxygen atoms in total. The van der Waals surface area contributed by atoms with Crippen LogP contribution in [0.2, 0.25) is 0 Å². The van der Waals surface area contributed by atoms with Crippen molar-refractivity contribution in [2.75, 3.05) is 43.1 Å². The molecule has 1 atom stereocenters. The summed E-state index contributed by atoms with van der Waals surface area (Å²) in [6.45, 7) is 2.25. The summed E-state index contributed by atoms with van der Waals surface area (Å²) in [5.41, 5.74) is 10.1. The Bertz CT molecular complexity index is 557. The molecule has 114 valence electrons. The molecule has 2 heterocycles. The van der Waals surface area contributed by atoms with Gasteiger partial charge in [-0.2, -0.15) is 0 Å². The highest BCUT2D eigenvalue weighted by Crippen LogP contribution is 2.34.